The number of carbonyl (C=O) groups excluding carboxylic acids is 3. The van der Waals surface area contributed by atoms with E-state index >= 15 is 0 Å². The maximum Gasteiger partial charge on any atom is 0.337 e. The van der Waals surface area contributed by atoms with Gasteiger partial charge in [0.15, 0.2) is 5.13 Å². The van der Waals surface area contributed by atoms with Gasteiger partial charge in [0.25, 0.3) is 11.8 Å². The summed E-state index contributed by atoms with van der Waals surface area (Å²) < 4.78 is 4.67. The molecule has 152 valence electrons. The Morgan fingerprint density at radius 2 is 1.90 bits per heavy atom. The number of nitrogens with one attached hydrogen (secondary N) is 1. The van der Waals surface area contributed by atoms with Gasteiger partial charge in [0, 0.05) is 35.8 Å². The van der Waals surface area contributed by atoms with Crippen molar-refractivity contribution < 1.29 is 19.1 Å². The minimum absolute atomic E-state index is 0.129. The third kappa shape index (κ3) is 4.03. The van der Waals surface area contributed by atoms with Crippen LogP contribution >= 0.6 is 11.3 Å². The number of fused-ring (bicyclic) bond motifs is 1. The highest BCUT2D eigenvalue weighted by Crippen LogP contribution is 2.29. The van der Waals surface area contributed by atoms with Crippen molar-refractivity contribution in [3.8, 4) is 0 Å². The zero-order valence-electron chi connectivity index (χ0n) is 16.0. The van der Waals surface area contributed by atoms with Crippen LogP contribution in [0.25, 0.3) is 0 Å². The molecule has 4 rings (SSSR count). The van der Waals surface area contributed by atoms with Gasteiger partial charge in [-0.05, 0) is 24.3 Å². The number of amides is 2. The molecule has 3 heterocycles. The lowest BCUT2D eigenvalue weighted by Gasteiger charge is -2.26. The van der Waals surface area contributed by atoms with E-state index in [1.54, 1.807) is 29.2 Å². The Balaban J connectivity index is 1.44. The van der Waals surface area contributed by atoms with Crippen LogP contribution in [-0.4, -0.2) is 51.3 Å². The number of ether oxygens (including phenoxy) is 1. The summed E-state index contributed by atoms with van der Waals surface area (Å²) in [5, 5.41) is 3.20. The van der Waals surface area contributed by atoms with Crippen LogP contribution in [0.3, 0.4) is 0 Å². The first-order chi connectivity index (χ1) is 14.5. The van der Waals surface area contributed by atoms with Gasteiger partial charge in [0.05, 0.1) is 31.1 Å². The Bertz CT molecular complexity index is 1100. The van der Waals surface area contributed by atoms with Gasteiger partial charge in [-0.15, -0.1) is 0 Å². The van der Waals surface area contributed by atoms with E-state index in [4.69, 9.17) is 0 Å². The van der Waals surface area contributed by atoms with Gasteiger partial charge in [0.2, 0.25) is 0 Å². The summed E-state index contributed by atoms with van der Waals surface area (Å²) in [7, 11) is 1.31. The second-order valence-electron chi connectivity index (χ2n) is 6.48. The summed E-state index contributed by atoms with van der Waals surface area (Å²) in [6.45, 7) is 0.928. The van der Waals surface area contributed by atoms with E-state index < -0.39 is 5.97 Å². The molecular formula is C20H17N5O4S. The van der Waals surface area contributed by atoms with Crippen molar-refractivity contribution in [2.75, 3.05) is 19.0 Å². The first kappa shape index (κ1) is 19.6. The number of esters is 1. The lowest BCUT2D eigenvalue weighted by Crippen LogP contribution is -2.35. The third-order valence-corrected chi connectivity index (χ3v) is 5.59. The fourth-order valence-corrected chi connectivity index (χ4v) is 4.07. The van der Waals surface area contributed by atoms with Crippen LogP contribution in [0.1, 0.15) is 41.8 Å². The first-order valence-corrected chi connectivity index (χ1v) is 9.90. The molecule has 0 unspecified atom stereocenters. The van der Waals surface area contributed by atoms with Crippen molar-refractivity contribution in [1.29, 1.82) is 0 Å². The van der Waals surface area contributed by atoms with E-state index in [0.29, 0.717) is 35.8 Å². The van der Waals surface area contributed by atoms with E-state index in [-0.39, 0.29) is 17.5 Å². The lowest BCUT2D eigenvalue weighted by atomic mass is 10.1. The molecular weight excluding hydrogens is 406 g/mol. The molecule has 0 aliphatic carbocycles. The fourth-order valence-electron chi connectivity index (χ4n) is 3.05. The standard InChI is InChI=1S/C20H17N5O4S/c1-29-19(28)13-4-2-12(3-5-13)18(27)25-9-6-14-16(11-25)30-20(23-14)24-17(26)15-10-21-7-8-22-15/h2-5,7-8,10H,6,9,11H2,1H3,(H,23,24,26). The highest BCUT2D eigenvalue weighted by atomic mass is 32.1. The molecule has 2 aromatic heterocycles. The fraction of sp³-hybridized carbons (Fsp3) is 0.200. The normalized spacial score (nSPS) is 12.8. The molecule has 1 aromatic carbocycles. The van der Waals surface area contributed by atoms with E-state index in [1.807, 2.05) is 0 Å². The minimum atomic E-state index is -0.447. The van der Waals surface area contributed by atoms with Crippen LogP contribution < -0.4 is 5.32 Å². The minimum Gasteiger partial charge on any atom is -0.465 e. The van der Waals surface area contributed by atoms with E-state index in [1.165, 1.54) is 37.0 Å². The Kier molecular flexibility index (Phi) is 5.48. The average Bonchev–Trinajstić information content (AvgIpc) is 3.20. The average molecular weight is 423 g/mol. The van der Waals surface area contributed by atoms with Crippen LogP contribution in [0.5, 0.6) is 0 Å². The smallest absolute Gasteiger partial charge is 0.337 e. The van der Waals surface area contributed by atoms with Crippen molar-refractivity contribution in [2.45, 2.75) is 13.0 Å². The molecule has 1 N–H and O–H groups in total. The number of hydrogen-bond donors (Lipinski definition) is 1. The van der Waals surface area contributed by atoms with Crippen molar-refractivity contribution >= 4 is 34.3 Å². The molecule has 0 atom stereocenters. The lowest BCUT2D eigenvalue weighted by molar-refractivity contribution is 0.0599. The van der Waals surface area contributed by atoms with Gasteiger partial charge in [-0.1, -0.05) is 11.3 Å². The molecule has 9 nitrogen and oxygen atoms in total. The number of benzene rings is 1. The van der Waals surface area contributed by atoms with Crippen molar-refractivity contribution in [1.82, 2.24) is 19.9 Å². The maximum atomic E-state index is 12.8. The second-order valence-corrected chi connectivity index (χ2v) is 7.56. The van der Waals surface area contributed by atoms with Crippen LogP contribution in [0.4, 0.5) is 5.13 Å². The molecule has 1 aliphatic rings. The van der Waals surface area contributed by atoms with E-state index in [9.17, 15) is 14.4 Å². The third-order valence-electron chi connectivity index (χ3n) is 4.59. The van der Waals surface area contributed by atoms with Crippen LogP contribution in [0, 0.1) is 0 Å². The molecule has 0 radical (unpaired) electrons. The Hall–Kier alpha value is -3.66. The SMILES string of the molecule is COC(=O)c1ccc(C(=O)N2CCc3nc(NC(=O)c4cnccn4)sc3C2)cc1. The first-order valence-electron chi connectivity index (χ1n) is 9.08. The number of carbonyl (C=O) groups is 3. The topological polar surface area (TPSA) is 114 Å². The maximum absolute atomic E-state index is 12.8. The van der Waals surface area contributed by atoms with Crippen molar-refractivity contribution in [3.63, 3.8) is 0 Å². The van der Waals surface area contributed by atoms with Crippen molar-refractivity contribution in [3.05, 3.63) is 70.2 Å². The number of nitrogens with zero attached hydrogens (tertiary/aromatic N) is 4. The molecule has 3 aromatic rings. The number of hydrogen-bond acceptors (Lipinski definition) is 8. The predicted octanol–water partition coefficient (Wildman–Crippen LogP) is 2.17. The molecule has 0 fully saturated rings. The molecule has 30 heavy (non-hydrogen) atoms. The monoisotopic (exact) mass is 423 g/mol. The van der Waals surface area contributed by atoms with Crippen molar-refractivity contribution in [2.24, 2.45) is 0 Å². The molecule has 0 saturated heterocycles. The summed E-state index contributed by atoms with van der Waals surface area (Å²) in [5.41, 5.74) is 1.96. The molecule has 2 amide bonds. The Morgan fingerprint density at radius 1 is 1.13 bits per heavy atom. The number of rotatable bonds is 4. The van der Waals surface area contributed by atoms with Gasteiger partial charge >= 0.3 is 5.97 Å². The van der Waals surface area contributed by atoms with E-state index in [0.717, 1.165) is 10.6 Å². The Labute approximate surface area is 175 Å². The summed E-state index contributed by atoms with van der Waals surface area (Å²) in [4.78, 5) is 51.6. The molecule has 0 spiro atoms. The van der Waals surface area contributed by atoms with Crippen LogP contribution in [-0.2, 0) is 17.7 Å². The van der Waals surface area contributed by atoms with Gasteiger partial charge in [-0.3, -0.25) is 19.9 Å². The van der Waals surface area contributed by atoms with Gasteiger partial charge in [-0.25, -0.2) is 14.8 Å². The molecule has 0 bridgehead atoms. The highest BCUT2D eigenvalue weighted by molar-refractivity contribution is 7.15. The summed E-state index contributed by atoms with van der Waals surface area (Å²) in [6.07, 6.45) is 4.92. The number of anilines is 1. The van der Waals surface area contributed by atoms with E-state index in [2.05, 4.69) is 25.0 Å². The largest absolute Gasteiger partial charge is 0.465 e. The summed E-state index contributed by atoms with van der Waals surface area (Å²) in [5.74, 6) is -0.958. The highest BCUT2D eigenvalue weighted by Gasteiger charge is 2.25. The summed E-state index contributed by atoms with van der Waals surface area (Å²) in [6, 6.07) is 6.37. The van der Waals surface area contributed by atoms with Gasteiger partial charge in [-0.2, -0.15) is 0 Å². The molecule has 1 aliphatic heterocycles. The zero-order valence-corrected chi connectivity index (χ0v) is 16.8. The van der Waals surface area contributed by atoms with Gasteiger partial charge < -0.3 is 9.64 Å². The number of thiazole rings is 1. The zero-order chi connectivity index (χ0) is 21.1. The summed E-state index contributed by atoms with van der Waals surface area (Å²) >= 11 is 1.34. The number of methoxy groups -OCH3 is 1. The van der Waals surface area contributed by atoms with Crippen LogP contribution in [0.2, 0.25) is 0 Å². The molecule has 10 heteroatoms. The molecule has 0 saturated carbocycles. The predicted molar refractivity (Wildman–Crippen MR) is 108 cm³/mol. The second kappa shape index (κ2) is 8.37. The number of aromatic nitrogens is 3. The van der Waals surface area contributed by atoms with Gasteiger partial charge in [0.1, 0.15) is 5.69 Å². The quantitative estimate of drug-likeness (QED) is 0.640. The Morgan fingerprint density at radius 3 is 2.60 bits per heavy atom. The van der Waals surface area contributed by atoms with Crippen LogP contribution in [0.15, 0.2) is 42.9 Å².